The molecule has 80 valence electrons. The van der Waals surface area contributed by atoms with Crippen molar-refractivity contribution in [3.63, 3.8) is 0 Å². The van der Waals surface area contributed by atoms with Crippen molar-refractivity contribution in [3.8, 4) is 11.8 Å². The lowest BCUT2D eigenvalue weighted by molar-refractivity contribution is 0.810. The first kappa shape index (κ1) is 10.4. The number of nitriles is 1. The average Bonchev–Trinajstić information content (AvgIpc) is 2.73. The fourth-order valence-electron chi connectivity index (χ4n) is 1.81. The first-order valence-electron chi connectivity index (χ1n) is 5.35. The highest BCUT2D eigenvalue weighted by Gasteiger charge is 2.09. The number of hydrogen-bond donors (Lipinski definition) is 0. The number of hydrogen-bond acceptors (Lipinski definition) is 2. The number of rotatable bonds is 3. The summed E-state index contributed by atoms with van der Waals surface area (Å²) in [5.41, 5.74) is 3.19. The van der Waals surface area contributed by atoms with E-state index >= 15 is 0 Å². The zero-order chi connectivity index (χ0) is 11.4. The van der Waals surface area contributed by atoms with Gasteiger partial charge in [-0.25, -0.2) is 4.68 Å². The monoisotopic (exact) mass is 211 g/mol. The third-order valence-electron chi connectivity index (χ3n) is 2.56. The molecule has 0 saturated carbocycles. The van der Waals surface area contributed by atoms with Gasteiger partial charge in [-0.1, -0.05) is 25.1 Å². The van der Waals surface area contributed by atoms with Crippen molar-refractivity contribution < 1.29 is 0 Å². The van der Waals surface area contributed by atoms with Gasteiger partial charge in [0.15, 0.2) is 0 Å². The van der Waals surface area contributed by atoms with Gasteiger partial charge in [0.05, 0.1) is 24.4 Å². The molecular formula is C13H13N3. The van der Waals surface area contributed by atoms with Gasteiger partial charge in [0.2, 0.25) is 0 Å². The van der Waals surface area contributed by atoms with Crippen LogP contribution in [0.3, 0.4) is 0 Å². The van der Waals surface area contributed by atoms with Gasteiger partial charge in [-0.05, 0) is 18.6 Å². The fourth-order valence-corrected chi connectivity index (χ4v) is 1.81. The Balaban J connectivity index is 2.47. The van der Waals surface area contributed by atoms with Crippen molar-refractivity contribution in [2.24, 2.45) is 0 Å². The Morgan fingerprint density at radius 2 is 2.06 bits per heavy atom. The van der Waals surface area contributed by atoms with Gasteiger partial charge < -0.3 is 0 Å². The first-order chi connectivity index (χ1) is 7.86. The Kier molecular flexibility index (Phi) is 3.02. The number of aromatic nitrogens is 2. The summed E-state index contributed by atoms with van der Waals surface area (Å²) in [6.45, 7) is 2.08. The maximum absolute atomic E-state index is 8.73. The van der Waals surface area contributed by atoms with Crippen molar-refractivity contribution in [1.82, 2.24) is 9.78 Å². The topological polar surface area (TPSA) is 41.6 Å². The van der Waals surface area contributed by atoms with E-state index in [1.54, 1.807) is 6.20 Å². The van der Waals surface area contributed by atoms with E-state index in [1.807, 2.05) is 35.0 Å². The predicted octanol–water partition coefficient (Wildman–Crippen LogP) is 2.50. The summed E-state index contributed by atoms with van der Waals surface area (Å²) in [5, 5.41) is 13.1. The largest absolute Gasteiger partial charge is 0.238 e. The normalized spacial score (nSPS) is 10.0. The highest BCUT2D eigenvalue weighted by Crippen LogP contribution is 2.15. The zero-order valence-corrected chi connectivity index (χ0v) is 9.22. The second kappa shape index (κ2) is 4.63. The van der Waals surface area contributed by atoms with E-state index in [0.717, 1.165) is 23.4 Å². The maximum atomic E-state index is 8.73. The van der Waals surface area contributed by atoms with Crippen LogP contribution in [0.4, 0.5) is 0 Å². The van der Waals surface area contributed by atoms with E-state index < -0.39 is 0 Å². The Hall–Kier alpha value is -2.08. The summed E-state index contributed by atoms with van der Waals surface area (Å²) in [4.78, 5) is 0. The van der Waals surface area contributed by atoms with Gasteiger partial charge in [0.1, 0.15) is 0 Å². The van der Waals surface area contributed by atoms with Crippen LogP contribution in [0.2, 0.25) is 0 Å². The van der Waals surface area contributed by atoms with Crippen molar-refractivity contribution in [2.75, 3.05) is 0 Å². The lowest BCUT2D eigenvalue weighted by atomic mass is 10.1. The summed E-state index contributed by atoms with van der Waals surface area (Å²) in [5.74, 6) is 0. The fraction of sp³-hybridized carbons (Fsp3) is 0.231. The van der Waals surface area contributed by atoms with E-state index in [2.05, 4.69) is 18.1 Å². The molecule has 0 atom stereocenters. The molecule has 0 saturated heterocycles. The van der Waals surface area contributed by atoms with Gasteiger partial charge in [0.25, 0.3) is 0 Å². The maximum Gasteiger partial charge on any atom is 0.0671 e. The number of para-hydroxylation sites is 1. The first-order valence-corrected chi connectivity index (χ1v) is 5.35. The Bertz CT molecular complexity index is 506. The second-order valence-electron chi connectivity index (χ2n) is 3.55. The molecule has 2 rings (SSSR count). The van der Waals surface area contributed by atoms with E-state index in [-0.39, 0.29) is 0 Å². The molecule has 3 heteroatoms. The molecular weight excluding hydrogens is 198 g/mol. The summed E-state index contributed by atoms with van der Waals surface area (Å²) in [6.07, 6.45) is 3.09. The lowest BCUT2D eigenvalue weighted by Gasteiger charge is -2.06. The zero-order valence-electron chi connectivity index (χ0n) is 9.22. The van der Waals surface area contributed by atoms with Crippen LogP contribution in [0.15, 0.2) is 36.5 Å². The third kappa shape index (κ3) is 1.82. The standard InChI is InChI=1S/C13H13N3/c1-2-13-11(8-9-14)10-15-16(13)12-6-4-3-5-7-12/h3-7,10H,2,8H2,1H3. The molecule has 0 spiro atoms. The molecule has 0 fully saturated rings. The van der Waals surface area contributed by atoms with Crippen LogP contribution in [-0.2, 0) is 12.8 Å². The van der Waals surface area contributed by atoms with Gasteiger partial charge in [-0.3, -0.25) is 0 Å². The molecule has 2 aromatic rings. The van der Waals surface area contributed by atoms with Crippen molar-refractivity contribution >= 4 is 0 Å². The Morgan fingerprint density at radius 3 is 2.69 bits per heavy atom. The summed E-state index contributed by atoms with van der Waals surface area (Å²) >= 11 is 0. The molecule has 0 bridgehead atoms. The quantitative estimate of drug-likeness (QED) is 0.782. The van der Waals surface area contributed by atoms with Crippen LogP contribution in [0.1, 0.15) is 18.2 Å². The smallest absolute Gasteiger partial charge is 0.0671 e. The lowest BCUT2D eigenvalue weighted by Crippen LogP contribution is -2.02. The van der Waals surface area contributed by atoms with Crippen molar-refractivity contribution in [1.29, 1.82) is 5.26 Å². The van der Waals surface area contributed by atoms with Gasteiger partial charge in [-0.2, -0.15) is 10.4 Å². The van der Waals surface area contributed by atoms with Gasteiger partial charge in [0, 0.05) is 11.3 Å². The van der Waals surface area contributed by atoms with E-state index in [4.69, 9.17) is 5.26 Å². The molecule has 0 amide bonds. The van der Waals surface area contributed by atoms with Gasteiger partial charge >= 0.3 is 0 Å². The molecule has 16 heavy (non-hydrogen) atoms. The van der Waals surface area contributed by atoms with Crippen LogP contribution >= 0.6 is 0 Å². The minimum atomic E-state index is 0.427. The number of benzene rings is 1. The second-order valence-corrected chi connectivity index (χ2v) is 3.55. The summed E-state index contributed by atoms with van der Waals surface area (Å²) in [6, 6.07) is 12.2. The molecule has 1 heterocycles. The van der Waals surface area contributed by atoms with Gasteiger partial charge in [-0.15, -0.1) is 0 Å². The summed E-state index contributed by atoms with van der Waals surface area (Å²) < 4.78 is 1.91. The summed E-state index contributed by atoms with van der Waals surface area (Å²) in [7, 11) is 0. The molecule has 1 aromatic carbocycles. The molecule has 1 aromatic heterocycles. The molecule has 0 N–H and O–H groups in total. The Morgan fingerprint density at radius 1 is 1.31 bits per heavy atom. The average molecular weight is 211 g/mol. The van der Waals surface area contributed by atoms with Crippen LogP contribution < -0.4 is 0 Å². The van der Waals surface area contributed by atoms with Crippen LogP contribution in [-0.4, -0.2) is 9.78 Å². The van der Waals surface area contributed by atoms with Crippen LogP contribution in [0, 0.1) is 11.3 Å². The molecule has 0 unspecified atom stereocenters. The van der Waals surface area contributed by atoms with Crippen molar-refractivity contribution in [3.05, 3.63) is 47.8 Å². The molecule has 0 aliphatic rings. The van der Waals surface area contributed by atoms with Crippen molar-refractivity contribution in [2.45, 2.75) is 19.8 Å². The highest BCUT2D eigenvalue weighted by atomic mass is 15.3. The molecule has 0 aliphatic carbocycles. The third-order valence-corrected chi connectivity index (χ3v) is 2.56. The van der Waals surface area contributed by atoms with E-state index in [0.29, 0.717) is 6.42 Å². The van der Waals surface area contributed by atoms with E-state index in [1.165, 1.54) is 0 Å². The molecule has 0 radical (unpaired) electrons. The van der Waals surface area contributed by atoms with E-state index in [9.17, 15) is 0 Å². The number of nitrogens with zero attached hydrogens (tertiary/aromatic N) is 3. The van der Waals surface area contributed by atoms with Crippen LogP contribution in [0.25, 0.3) is 5.69 Å². The minimum Gasteiger partial charge on any atom is -0.238 e. The van der Waals surface area contributed by atoms with Crippen LogP contribution in [0.5, 0.6) is 0 Å². The SMILES string of the molecule is CCc1c(CC#N)cnn1-c1ccccc1. The highest BCUT2D eigenvalue weighted by molar-refractivity contribution is 5.35. The predicted molar refractivity (Wildman–Crippen MR) is 62.3 cm³/mol. The Labute approximate surface area is 94.9 Å². The minimum absolute atomic E-state index is 0.427. The molecule has 3 nitrogen and oxygen atoms in total. The molecule has 0 aliphatic heterocycles.